The Morgan fingerprint density at radius 2 is 1.53 bits per heavy atom. The summed E-state index contributed by atoms with van der Waals surface area (Å²) < 4.78 is 0. The third kappa shape index (κ3) is 0.933. The van der Waals surface area contributed by atoms with Crippen molar-refractivity contribution in [3.8, 4) is 0 Å². The van der Waals surface area contributed by atoms with E-state index in [9.17, 15) is 0 Å². The highest BCUT2D eigenvalue weighted by atomic mass is 14.7. The Balaban J connectivity index is 1.68. The maximum absolute atomic E-state index is 7.37. The van der Waals surface area contributed by atoms with Crippen LogP contribution in [0.2, 0.25) is 0 Å². The van der Waals surface area contributed by atoms with E-state index in [1.54, 1.807) is 25.5 Å². The van der Waals surface area contributed by atoms with Crippen LogP contribution in [0.5, 0.6) is 0 Å². The van der Waals surface area contributed by atoms with Crippen molar-refractivity contribution in [2.75, 3.05) is 0 Å². The average molecular weight is 203 g/mol. The van der Waals surface area contributed by atoms with Gasteiger partial charge < -0.3 is 5.41 Å². The molecule has 4 rings (SSSR count). The van der Waals surface area contributed by atoms with Crippen LogP contribution in [0.25, 0.3) is 0 Å². The molecule has 4 saturated carbocycles. The zero-order valence-corrected chi connectivity index (χ0v) is 9.36. The van der Waals surface area contributed by atoms with Gasteiger partial charge in [-0.1, -0.05) is 0 Å². The molecule has 4 aliphatic carbocycles. The second-order valence-corrected chi connectivity index (χ2v) is 6.50. The standard InChI is InChI=1S/C14H21N/c15-6-5-10-11-3-4-12(10)14-9-2-1-8(7-9)13(11)14/h6,8-15H,1-5,7H2. The van der Waals surface area contributed by atoms with Crippen LogP contribution in [0.4, 0.5) is 0 Å². The topological polar surface area (TPSA) is 23.9 Å². The molecule has 0 saturated heterocycles. The smallest absolute Gasteiger partial charge is 0.00448 e. The lowest BCUT2D eigenvalue weighted by Crippen LogP contribution is -2.27. The van der Waals surface area contributed by atoms with E-state index >= 15 is 0 Å². The summed E-state index contributed by atoms with van der Waals surface area (Å²) in [7, 11) is 0. The molecule has 0 amide bonds. The molecule has 82 valence electrons. The lowest BCUT2D eigenvalue weighted by atomic mass is 9.71. The first kappa shape index (κ1) is 8.78. The van der Waals surface area contributed by atoms with Gasteiger partial charge in [0.1, 0.15) is 0 Å². The van der Waals surface area contributed by atoms with E-state index in [0.29, 0.717) is 0 Å². The Kier molecular flexibility index (Phi) is 1.68. The van der Waals surface area contributed by atoms with Crippen LogP contribution in [0.15, 0.2) is 0 Å². The summed E-state index contributed by atoms with van der Waals surface area (Å²) in [5.41, 5.74) is 0. The van der Waals surface area contributed by atoms with Gasteiger partial charge in [0.25, 0.3) is 0 Å². The zero-order chi connectivity index (χ0) is 9.99. The first-order chi connectivity index (χ1) is 7.40. The molecule has 1 heteroatoms. The van der Waals surface area contributed by atoms with Gasteiger partial charge in [-0.05, 0) is 86.2 Å². The molecule has 1 nitrogen and oxygen atoms in total. The monoisotopic (exact) mass is 203 g/mol. The Morgan fingerprint density at radius 3 is 2.07 bits per heavy atom. The van der Waals surface area contributed by atoms with Crippen LogP contribution in [-0.4, -0.2) is 6.21 Å². The number of hydrogen-bond acceptors (Lipinski definition) is 1. The Hall–Kier alpha value is -0.330. The fourth-order valence-corrected chi connectivity index (χ4v) is 6.22. The third-order valence-electron chi connectivity index (χ3n) is 6.36. The molecule has 0 radical (unpaired) electrons. The minimum atomic E-state index is 0.931. The molecule has 0 aromatic heterocycles. The van der Waals surface area contributed by atoms with Crippen molar-refractivity contribution in [1.29, 1.82) is 5.41 Å². The van der Waals surface area contributed by atoms with Crippen LogP contribution in [-0.2, 0) is 0 Å². The summed E-state index contributed by atoms with van der Waals surface area (Å²) in [6, 6.07) is 0. The van der Waals surface area contributed by atoms with Gasteiger partial charge in [-0.3, -0.25) is 0 Å². The van der Waals surface area contributed by atoms with E-state index in [2.05, 4.69) is 0 Å². The SMILES string of the molecule is N=CCC1C2CCC1C1C3CCC(C3)C21. The third-order valence-corrected chi connectivity index (χ3v) is 6.36. The number of nitrogens with one attached hydrogen (secondary N) is 1. The van der Waals surface area contributed by atoms with E-state index in [0.717, 1.165) is 47.8 Å². The highest BCUT2D eigenvalue weighted by Gasteiger charge is 2.62. The highest BCUT2D eigenvalue weighted by molar-refractivity contribution is 5.53. The van der Waals surface area contributed by atoms with E-state index in [1.165, 1.54) is 12.8 Å². The van der Waals surface area contributed by atoms with Gasteiger partial charge in [-0.15, -0.1) is 0 Å². The van der Waals surface area contributed by atoms with E-state index in [-0.39, 0.29) is 0 Å². The molecule has 6 atom stereocenters. The Morgan fingerprint density at radius 1 is 0.933 bits per heavy atom. The van der Waals surface area contributed by atoms with Crippen molar-refractivity contribution in [2.24, 2.45) is 41.4 Å². The van der Waals surface area contributed by atoms with Crippen molar-refractivity contribution < 1.29 is 0 Å². The van der Waals surface area contributed by atoms with E-state index in [4.69, 9.17) is 5.41 Å². The number of fused-ring (bicyclic) bond motifs is 9. The first-order valence-corrected chi connectivity index (χ1v) is 6.89. The lowest BCUT2D eigenvalue weighted by molar-refractivity contribution is 0.146. The molecule has 4 fully saturated rings. The second-order valence-electron chi connectivity index (χ2n) is 6.50. The summed E-state index contributed by atoms with van der Waals surface area (Å²) in [5.74, 6) is 7.47. The van der Waals surface area contributed by atoms with Gasteiger partial charge in [-0.2, -0.15) is 0 Å². The Bertz CT molecular complexity index is 274. The summed E-state index contributed by atoms with van der Waals surface area (Å²) >= 11 is 0. The number of rotatable bonds is 2. The molecule has 0 aliphatic heterocycles. The van der Waals surface area contributed by atoms with Crippen LogP contribution in [0, 0.1) is 46.8 Å². The van der Waals surface area contributed by atoms with Crippen molar-refractivity contribution in [3.05, 3.63) is 0 Å². The maximum atomic E-state index is 7.37. The fourth-order valence-electron chi connectivity index (χ4n) is 6.22. The quantitative estimate of drug-likeness (QED) is 0.526. The average Bonchev–Trinajstić information content (AvgIpc) is 2.95. The van der Waals surface area contributed by atoms with Crippen molar-refractivity contribution in [2.45, 2.75) is 38.5 Å². The highest BCUT2D eigenvalue weighted by Crippen LogP contribution is 2.69. The fraction of sp³-hybridized carbons (Fsp3) is 0.929. The van der Waals surface area contributed by atoms with E-state index < -0.39 is 0 Å². The van der Waals surface area contributed by atoms with Crippen LogP contribution >= 0.6 is 0 Å². The molecule has 0 spiro atoms. The molecule has 0 heterocycles. The normalized spacial score (nSPS) is 59.9. The largest absolute Gasteiger partial charge is 0.313 e. The van der Waals surface area contributed by atoms with E-state index in [1.807, 2.05) is 0 Å². The first-order valence-electron chi connectivity index (χ1n) is 6.89. The molecule has 4 aliphatic rings. The molecule has 4 bridgehead atoms. The predicted molar refractivity (Wildman–Crippen MR) is 60.9 cm³/mol. The van der Waals surface area contributed by atoms with Crippen molar-refractivity contribution >= 4 is 6.21 Å². The maximum Gasteiger partial charge on any atom is -0.00448 e. The van der Waals surface area contributed by atoms with Crippen molar-refractivity contribution in [1.82, 2.24) is 0 Å². The molecule has 15 heavy (non-hydrogen) atoms. The van der Waals surface area contributed by atoms with Gasteiger partial charge in [-0.25, -0.2) is 0 Å². The summed E-state index contributed by atoms with van der Waals surface area (Å²) in [5, 5.41) is 7.37. The summed E-state index contributed by atoms with van der Waals surface area (Å²) in [6.07, 6.45) is 10.5. The molecular formula is C14H21N. The van der Waals surface area contributed by atoms with Gasteiger partial charge in [0.05, 0.1) is 0 Å². The minimum Gasteiger partial charge on any atom is -0.313 e. The molecule has 0 aromatic carbocycles. The van der Waals surface area contributed by atoms with Gasteiger partial charge in [0.15, 0.2) is 0 Å². The molecule has 0 aromatic rings. The Labute approximate surface area is 92.1 Å². The lowest BCUT2D eigenvalue weighted by Gasteiger charge is -2.34. The molecular weight excluding hydrogens is 182 g/mol. The zero-order valence-electron chi connectivity index (χ0n) is 9.36. The molecule has 1 N–H and O–H groups in total. The second kappa shape index (κ2) is 2.87. The van der Waals surface area contributed by atoms with Crippen LogP contribution in [0.3, 0.4) is 0 Å². The van der Waals surface area contributed by atoms with Gasteiger partial charge in [0.2, 0.25) is 0 Å². The minimum absolute atomic E-state index is 0.931. The van der Waals surface area contributed by atoms with Gasteiger partial charge in [0, 0.05) is 0 Å². The van der Waals surface area contributed by atoms with Crippen LogP contribution < -0.4 is 0 Å². The van der Waals surface area contributed by atoms with Crippen LogP contribution in [0.1, 0.15) is 38.5 Å². The van der Waals surface area contributed by atoms with Crippen molar-refractivity contribution in [3.63, 3.8) is 0 Å². The summed E-state index contributed by atoms with van der Waals surface area (Å²) in [4.78, 5) is 0. The molecule has 6 unspecified atom stereocenters. The summed E-state index contributed by atoms with van der Waals surface area (Å²) in [6.45, 7) is 0. The number of hydrogen-bond donors (Lipinski definition) is 1. The predicted octanol–water partition coefficient (Wildman–Crippen LogP) is 3.34. The van der Waals surface area contributed by atoms with Gasteiger partial charge >= 0.3 is 0 Å².